The van der Waals surface area contributed by atoms with Gasteiger partial charge in [-0.1, -0.05) is 36.4 Å². The Morgan fingerprint density at radius 1 is 0.963 bits per heavy atom. The predicted octanol–water partition coefficient (Wildman–Crippen LogP) is 3.91. The average Bonchev–Trinajstić information content (AvgIpc) is 3.23. The van der Waals surface area contributed by atoms with E-state index in [0.29, 0.717) is 0 Å². The molecular formula is C23H25N3O. The van der Waals surface area contributed by atoms with Crippen molar-refractivity contribution >= 4 is 5.91 Å². The molecule has 0 unspecified atom stereocenters. The van der Waals surface area contributed by atoms with Crippen molar-refractivity contribution in [2.75, 3.05) is 26.7 Å². The lowest BCUT2D eigenvalue weighted by molar-refractivity contribution is 0.0498. The molecule has 0 bridgehead atoms. The van der Waals surface area contributed by atoms with Gasteiger partial charge in [0.05, 0.1) is 6.04 Å². The minimum atomic E-state index is 0.0776. The van der Waals surface area contributed by atoms with E-state index in [0.717, 1.165) is 36.4 Å². The molecule has 1 saturated heterocycles. The van der Waals surface area contributed by atoms with Gasteiger partial charge in [0.1, 0.15) is 0 Å². The van der Waals surface area contributed by atoms with E-state index in [2.05, 4.69) is 35.6 Å². The first-order chi connectivity index (χ1) is 13.1. The van der Waals surface area contributed by atoms with E-state index >= 15 is 0 Å². The van der Waals surface area contributed by atoms with Crippen molar-refractivity contribution < 1.29 is 4.79 Å². The van der Waals surface area contributed by atoms with Crippen LogP contribution in [-0.2, 0) is 0 Å². The molecule has 27 heavy (non-hydrogen) atoms. The second-order valence-electron chi connectivity index (χ2n) is 7.28. The van der Waals surface area contributed by atoms with Crippen LogP contribution in [0.25, 0.3) is 5.69 Å². The van der Waals surface area contributed by atoms with E-state index in [9.17, 15) is 4.79 Å². The van der Waals surface area contributed by atoms with E-state index in [4.69, 9.17) is 0 Å². The topological polar surface area (TPSA) is 28.5 Å². The Hall–Kier alpha value is -2.85. The van der Waals surface area contributed by atoms with E-state index < -0.39 is 0 Å². The van der Waals surface area contributed by atoms with Crippen LogP contribution in [-0.4, -0.2) is 47.0 Å². The van der Waals surface area contributed by atoms with Crippen LogP contribution >= 0.6 is 0 Å². The molecule has 4 heteroatoms. The molecule has 0 radical (unpaired) electrons. The number of aryl methyl sites for hydroxylation is 1. The number of carbonyl (C=O) groups is 1. The smallest absolute Gasteiger partial charge is 0.254 e. The number of nitrogens with zero attached hydrogens (tertiary/aromatic N) is 3. The first kappa shape index (κ1) is 17.6. The fraction of sp³-hybridized carbons (Fsp3) is 0.261. The Morgan fingerprint density at radius 3 is 2.44 bits per heavy atom. The maximum Gasteiger partial charge on any atom is 0.254 e. The Balaban J connectivity index is 1.68. The van der Waals surface area contributed by atoms with Gasteiger partial charge in [-0.25, -0.2) is 0 Å². The molecule has 1 amide bonds. The molecule has 1 atom stereocenters. The molecule has 3 aromatic rings. The normalized spacial score (nSPS) is 17.9. The van der Waals surface area contributed by atoms with Crippen LogP contribution < -0.4 is 0 Å². The summed E-state index contributed by atoms with van der Waals surface area (Å²) in [5.41, 5.74) is 4.14. The highest BCUT2D eigenvalue weighted by Gasteiger charge is 2.31. The van der Waals surface area contributed by atoms with Crippen LogP contribution in [0.2, 0.25) is 0 Å². The first-order valence-corrected chi connectivity index (χ1v) is 9.42. The van der Waals surface area contributed by atoms with Gasteiger partial charge in [0.15, 0.2) is 0 Å². The number of rotatable bonds is 3. The highest BCUT2D eigenvalue weighted by Crippen LogP contribution is 2.27. The summed E-state index contributed by atoms with van der Waals surface area (Å²) in [5.74, 6) is 0.102. The van der Waals surface area contributed by atoms with Gasteiger partial charge in [-0.05, 0) is 49.4 Å². The number of aromatic nitrogens is 1. The predicted molar refractivity (Wildman–Crippen MR) is 108 cm³/mol. The summed E-state index contributed by atoms with van der Waals surface area (Å²) in [6.07, 6.45) is 4.03. The molecule has 4 rings (SSSR count). The molecule has 0 spiro atoms. The summed E-state index contributed by atoms with van der Waals surface area (Å²) in [5, 5.41) is 0. The summed E-state index contributed by atoms with van der Waals surface area (Å²) >= 11 is 0. The molecule has 138 valence electrons. The van der Waals surface area contributed by atoms with Crippen molar-refractivity contribution in [1.29, 1.82) is 0 Å². The summed E-state index contributed by atoms with van der Waals surface area (Å²) in [6, 6.07) is 20.4. The van der Waals surface area contributed by atoms with Gasteiger partial charge in [0.2, 0.25) is 0 Å². The number of hydrogen-bond acceptors (Lipinski definition) is 2. The van der Waals surface area contributed by atoms with Gasteiger partial charge in [-0.3, -0.25) is 4.79 Å². The molecule has 1 aromatic heterocycles. The van der Waals surface area contributed by atoms with Gasteiger partial charge >= 0.3 is 0 Å². The molecule has 0 aliphatic carbocycles. The number of piperazine rings is 1. The van der Waals surface area contributed by atoms with E-state index in [-0.39, 0.29) is 11.9 Å². The standard InChI is InChI=1S/C23H25N3O/c1-18-10-11-20(16-21(18)25-12-6-7-13-25)23(27)26-15-14-24(2)17-22(26)19-8-4-3-5-9-19/h3-13,16,22H,14-15,17H2,1-2H3/t22-/m0/s1. The monoisotopic (exact) mass is 359 g/mol. The van der Waals surface area contributed by atoms with Crippen LogP contribution in [0.4, 0.5) is 0 Å². The van der Waals surface area contributed by atoms with E-state index in [1.807, 2.05) is 65.8 Å². The number of benzene rings is 2. The Labute approximate surface area is 160 Å². The second kappa shape index (κ2) is 7.41. The molecule has 1 aliphatic heterocycles. The minimum absolute atomic E-state index is 0.0776. The van der Waals surface area contributed by atoms with Gasteiger partial charge in [0.25, 0.3) is 5.91 Å². The van der Waals surface area contributed by atoms with Crippen molar-refractivity contribution in [1.82, 2.24) is 14.4 Å². The van der Waals surface area contributed by atoms with Crippen molar-refractivity contribution in [3.63, 3.8) is 0 Å². The largest absolute Gasteiger partial charge is 0.329 e. The zero-order valence-corrected chi connectivity index (χ0v) is 15.9. The molecule has 1 aliphatic rings. The van der Waals surface area contributed by atoms with E-state index in [1.165, 1.54) is 5.56 Å². The van der Waals surface area contributed by atoms with Crippen LogP contribution in [0.5, 0.6) is 0 Å². The van der Waals surface area contributed by atoms with Crippen molar-refractivity contribution in [3.8, 4) is 5.69 Å². The van der Waals surface area contributed by atoms with Crippen molar-refractivity contribution in [2.24, 2.45) is 0 Å². The Kier molecular flexibility index (Phi) is 4.82. The maximum absolute atomic E-state index is 13.4. The zero-order chi connectivity index (χ0) is 18.8. The number of hydrogen-bond donors (Lipinski definition) is 0. The lowest BCUT2D eigenvalue weighted by atomic mass is 10.0. The summed E-state index contributed by atoms with van der Waals surface area (Å²) in [6.45, 7) is 4.56. The van der Waals surface area contributed by atoms with Crippen LogP contribution in [0.15, 0.2) is 73.1 Å². The second-order valence-corrected chi connectivity index (χ2v) is 7.28. The first-order valence-electron chi connectivity index (χ1n) is 9.42. The molecule has 0 N–H and O–H groups in total. The molecule has 2 aromatic carbocycles. The molecule has 0 saturated carbocycles. The number of likely N-dealkylation sites (N-methyl/N-ethyl adjacent to an activating group) is 1. The fourth-order valence-corrected chi connectivity index (χ4v) is 3.80. The van der Waals surface area contributed by atoms with Crippen molar-refractivity contribution in [3.05, 3.63) is 89.7 Å². The van der Waals surface area contributed by atoms with Crippen LogP contribution in [0.1, 0.15) is 27.5 Å². The Bertz CT molecular complexity index is 918. The summed E-state index contributed by atoms with van der Waals surface area (Å²) < 4.78 is 2.06. The average molecular weight is 359 g/mol. The third kappa shape index (κ3) is 3.53. The Morgan fingerprint density at radius 2 is 1.70 bits per heavy atom. The fourth-order valence-electron chi connectivity index (χ4n) is 3.80. The lowest BCUT2D eigenvalue weighted by Crippen LogP contribution is -2.49. The minimum Gasteiger partial charge on any atom is -0.329 e. The summed E-state index contributed by atoms with van der Waals surface area (Å²) in [7, 11) is 2.12. The van der Waals surface area contributed by atoms with Gasteiger partial charge < -0.3 is 14.4 Å². The number of carbonyl (C=O) groups excluding carboxylic acids is 1. The lowest BCUT2D eigenvalue weighted by Gasteiger charge is -2.40. The van der Waals surface area contributed by atoms with Crippen LogP contribution in [0.3, 0.4) is 0 Å². The van der Waals surface area contributed by atoms with Gasteiger partial charge in [-0.15, -0.1) is 0 Å². The number of amides is 1. The summed E-state index contributed by atoms with van der Waals surface area (Å²) in [4.78, 5) is 17.7. The molecule has 2 heterocycles. The highest BCUT2D eigenvalue weighted by molar-refractivity contribution is 5.95. The molecule has 4 nitrogen and oxygen atoms in total. The molecule has 1 fully saturated rings. The van der Waals surface area contributed by atoms with Crippen molar-refractivity contribution in [2.45, 2.75) is 13.0 Å². The molecular weight excluding hydrogens is 334 g/mol. The van der Waals surface area contributed by atoms with Crippen LogP contribution in [0, 0.1) is 6.92 Å². The van der Waals surface area contributed by atoms with Gasteiger partial charge in [0, 0.05) is 43.3 Å². The quantitative estimate of drug-likeness (QED) is 0.709. The SMILES string of the molecule is Cc1ccc(C(=O)N2CCN(C)C[C@H]2c2ccccc2)cc1-n1cccc1. The highest BCUT2D eigenvalue weighted by atomic mass is 16.2. The zero-order valence-electron chi connectivity index (χ0n) is 15.9. The van der Waals surface area contributed by atoms with E-state index in [1.54, 1.807) is 0 Å². The maximum atomic E-state index is 13.4. The third-order valence-corrected chi connectivity index (χ3v) is 5.37. The third-order valence-electron chi connectivity index (χ3n) is 5.37. The van der Waals surface area contributed by atoms with Gasteiger partial charge in [-0.2, -0.15) is 0 Å².